The summed E-state index contributed by atoms with van der Waals surface area (Å²) in [6.07, 6.45) is 0. The highest BCUT2D eigenvalue weighted by atomic mass is 16.3. The minimum absolute atomic E-state index is 0.176. The molecule has 0 amide bonds. The normalized spacial score (nSPS) is 13.0. The molecule has 338 valence electrons. The Hall–Kier alpha value is -9.39. The first-order valence-corrected chi connectivity index (χ1v) is 24.6. The van der Waals surface area contributed by atoms with Crippen LogP contribution in [0.5, 0.6) is 0 Å². The van der Waals surface area contributed by atoms with Crippen molar-refractivity contribution in [1.29, 1.82) is 0 Å². The van der Waals surface area contributed by atoms with Crippen LogP contribution >= 0.6 is 0 Å². The Morgan fingerprint density at radius 2 is 0.833 bits per heavy atom. The molecule has 0 unspecified atom stereocenters. The van der Waals surface area contributed by atoms with Crippen molar-refractivity contribution in [2.24, 2.45) is 0 Å². The zero-order valence-electron chi connectivity index (χ0n) is 39.5. The van der Waals surface area contributed by atoms with Crippen molar-refractivity contribution < 1.29 is 4.42 Å². The van der Waals surface area contributed by atoms with Crippen molar-refractivity contribution in [2.75, 3.05) is 0 Å². The van der Waals surface area contributed by atoms with Crippen LogP contribution in [0.3, 0.4) is 0 Å². The summed E-state index contributed by atoms with van der Waals surface area (Å²) < 4.78 is 12.3. The van der Waals surface area contributed by atoms with Crippen LogP contribution < -0.4 is 0 Å². The minimum atomic E-state index is -0.176. The van der Waals surface area contributed by atoms with Gasteiger partial charge < -0.3 is 13.6 Å². The maximum absolute atomic E-state index is 7.58. The van der Waals surface area contributed by atoms with Crippen LogP contribution in [-0.4, -0.2) is 24.1 Å². The van der Waals surface area contributed by atoms with E-state index in [1.807, 2.05) is 24.3 Å². The molecule has 6 heteroatoms. The van der Waals surface area contributed by atoms with Crippen molar-refractivity contribution in [3.8, 4) is 67.8 Å². The van der Waals surface area contributed by atoms with Crippen LogP contribution in [0.4, 0.5) is 0 Å². The summed E-state index contributed by atoms with van der Waals surface area (Å²) in [4.78, 5) is 15.9. The first-order chi connectivity index (χ1) is 35.5. The third-order valence-corrected chi connectivity index (χ3v) is 15.2. The van der Waals surface area contributed by atoms with E-state index in [0.29, 0.717) is 17.5 Å². The highest BCUT2D eigenvalue weighted by Crippen LogP contribution is 2.52. The average molecular weight is 922 g/mol. The first-order valence-electron chi connectivity index (χ1n) is 24.6. The quantitative estimate of drug-likeness (QED) is 0.167. The molecule has 4 heterocycles. The van der Waals surface area contributed by atoms with Gasteiger partial charge in [0.2, 0.25) is 0 Å². The van der Waals surface area contributed by atoms with Gasteiger partial charge in [-0.1, -0.05) is 190 Å². The van der Waals surface area contributed by atoms with Crippen molar-refractivity contribution in [2.45, 2.75) is 19.3 Å². The van der Waals surface area contributed by atoms with Gasteiger partial charge in [0, 0.05) is 54.4 Å². The Morgan fingerprint density at radius 1 is 0.333 bits per heavy atom. The zero-order valence-corrected chi connectivity index (χ0v) is 39.5. The van der Waals surface area contributed by atoms with Crippen LogP contribution in [0, 0.1) is 0 Å². The van der Waals surface area contributed by atoms with Gasteiger partial charge in [0.25, 0.3) is 0 Å². The molecule has 1 aliphatic rings. The summed E-state index contributed by atoms with van der Waals surface area (Å²) in [6, 6.07) is 79.8. The molecule has 0 N–H and O–H groups in total. The Balaban J connectivity index is 1.02. The SMILES string of the molecule is CC1(C)c2ccccc2-c2cc3c4ccccc4n(-c4cccc5c4oc4c(-n6c7ccccc7c7ccccc76)ccc(-c6nc(-c7ccccc7)nc(-c7ccc(-c8ccccc8)cc7)n6)c45)c3cc21. The van der Waals surface area contributed by atoms with Crippen molar-refractivity contribution in [3.63, 3.8) is 0 Å². The molecular formula is C66H43N5O. The number of aromatic nitrogens is 5. The lowest BCUT2D eigenvalue weighted by Gasteiger charge is -2.21. The van der Waals surface area contributed by atoms with Gasteiger partial charge in [-0.25, -0.2) is 15.0 Å². The Morgan fingerprint density at radius 3 is 1.51 bits per heavy atom. The molecule has 15 rings (SSSR count). The smallest absolute Gasteiger partial charge is 0.164 e. The number of benzene rings is 10. The van der Waals surface area contributed by atoms with E-state index in [4.69, 9.17) is 19.4 Å². The molecule has 0 saturated carbocycles. The number of rotatable bonds is 6. The first kappa shape index (κ1) is 40.5. The molecule has 0 fully saturated rings. The van der Waals surface area contributed by atoms with Gasteiger partial charge in [-0.05, 0) is 81.9 Å². The van der Waals surface area contributed by atoms with Crippen LogP contribution in [0.2, 0.25) is 0 Å². The lowest BCUT2D eigenvalue weighted by Crippen LogP contribution is -2.14. The van der Waals surface area contributed by atoms with E-state index < -0.39 is 0 Å². The molecule has 0 radical (unpaired) electrons. The molecule has 4 aromatic heterocycles. The van der Waals surface area contributed by atoms with E-state index in [-0.39, 0.29) is 5.41 Å². The fourth-order valence-corrected chi connectivity index (χ4v) is 11.8. The Kier molecular flexibility index (Phi) is 8.61. The third kappa shape index (κ3) is 5.87. The highest BCUT2D eigenvalue weighted by molar-refractivity contribution is 6.19. The molecule has 72 heavy (non-hydrogen) atoms. The van der Waals surface area contributed by atoms with Gasteiger partial charge in [-0.3, -0.25) is 0 Å². The molecule has 0 spiro atoms. The predicted molar refractivity (Wildman–Crippen MR) is 295 cm³/mol. The largest absolute Gasteiger partial charge is 0.452 e. The number of fused-ring (bicyclic) bond motifs is 12. The van der Waals surface area contributed by atoms with Gasteiger partial charge in [-0.15, -0.1) is 0 Å². The highest BCUT2D eigenvalue weighted by Gasteiger charge is 2.36. The lowest BCUT2D eigenvalue weighted by molar-refractivity contribution is 0.660. The Bertz CT molecular complexity index is 4470. The van der Waals surface area contributed by atoms with Crippen molar-refractivity contribution in [3.05, 3.63) is 236 Å². The van der Waals surface area contributed by atoms with E-state index in [9.17, 15) is 0 Å². The summed E-state index contributed by atoms with van der Waals surface area (Å²) >= 11 is 0. The molecule has 14 aromatic rings. The summed E-state index contributed by atoms with van der Waals surface area (Å²) in [5.74, 6) is 1.75. The fourth-order valence-electron chi connectivity index (χ4n) is 11.8. The van der Waals surface area contributed by atoms with Gasteiger partial charge >= 0.3 is 0 Å². The van der Waals surface area contributed by atoms with E-state index in [1.54, 1.807) is 0 Å². The van der Waals surface area contributed by atoms with Crippen LogP contribution in [-0.2, 0) is 5.41 Å². The molecule has 0 saturated heterocycles. The zero-order chi connectivity index (χ0) is 47.7. The number of hydrogen-bond acceptors (Lipinski definition) is 4. The molecule has 0 atom stereocenters. The molecular weight excluding hydrogens is 879 g/mol. The van der Waals surface area contributed by atoms with Gasteiger partial charge in [0.1, 0.15) is 0 Å². The number of furan rings is 1. The Labute approximate surface area is 414 Å². The second-order valence-corrected chi connectivity index (χ2v) is 19.5. The maximum Gasteiger partial charge on any atom is 0.164 e. The van der Waals surface area contributed by atoms with E-state index in [1.165, 1.54) is 43.8 Å². The summed E-state index contributed by atoms with van der Waals surface area (Å²) in [6.45, 7) is 4.70. The summed E-state index contributed by atoms with van der Waals surface area (Å²) in [5.41, 5.74) is 17.9. The lowest BCUT2D eigenvalue weighted by atomic mass is 9.82. The standard InChI is InChI=1S/C66H43N5O/c1-66(2)52-27-13-9-22-44(52)50-38-51-47-25-12-16-30-56(47)71(59(51)39-53(50)66)57-31-17-26-48-60-49(36-37-58(62(60)72-61(48)57)70-54-28-14-10-23-45(54)46-24-11-15-29-55(46)70)65-68-63(42-20-7-4-8-21-42)67-64(69-65)43-34-32-41(33-35-43)40-18-5-3-6-19-40/h3-39H,1-2H3. The number of para-hydroxylation sites is 4. The minimum Gasteiger partial charge on any atom is -0.452 e. The van der Waals surface area contributed by atoms with E-state index in [2.05, 4.69) is 223 Å². The maximum atomic E-state index is 7.58. The predicted octanol–water partition coefficient (Wildman–Crippen LogP) is 16.9. The fraction of sp³-hybridized carbons (Fsp3) is 0.0455. The number of nitrogens with zero attached hydrogens (tertiary/aromatic N) is 5. The average Bonchev–Trinajstić information content (AvgIpc) is 4.16. The van der Waals surface area contributed by atoms with Gasteiger partial charge in [-0.2, -0.15) is 0 Å². The second kappa shape index (κ2) is 15.3. The van der Waals surface area contributed by atoms with Gasteiger partial charge in [0.15, 0.2) is 28.6 Å². The van der Waals surface area contributed by atoms with E-state index in [0.717, 1.165) is 83.2 Å². The molecule has 0 bridgehead atoms. The monoisotopic (exact) mass is 921 g/mol. The third-order valence-electron chi connectivity index (χ3n) is 15.2. The van der Waals surface area contributed by atoms with Crippen LogP contribution in [0.1, 0.15) is 25.0 Å². The van der Waals surface area contributed by atoms with Crippen molar-refractivity contribution in [1.82, 2.24) is 24.1 Å². The molecule has 10 aromatic carbocycles. The summed E-state index contributed by atoms with van der Waals surface area (Å²) in [7, 11) is 0. The number of hydrogen-bond donors (Lipinski definition) is 0. The topological polar surface area (TPSA) is 61.7 Å². The van der Waals surface area contributed by atoms with Gasteiger partial charge in [0.05, 0.1) is 33.4 Å². The molecule has 1 aliphatic carbocycles. The molecule has 0 aliphatic heterocycles. The van der Waals surface area contributed by atoms with Crippen LogP contribution in [0.15, 0.2) is 229 Å². The van der Waals surface area contributed by atoms with Crippen LogP contribution in [0.25, 0.3) is 133 Å². The second-order valence-electron chi connectivity index (χ2n) is 19.5. The molecule has 6 nitrogen and oxygen atoms in total. The summed E-state index contributed by atoms with van der Waals surface area (Å²) in [5, 5.41) is 6.66. The van der Waals surface area contributed by atoms with Crippen molar-refractivity contribution >= 4 is 65.6 Å². The van der Waals surface area contributed by atoms with E-state index >= 15 is 0 Å².